The van der Waals surface area contributed by atoms with E-state index in [-0.39, 0.29) is 5.92 Å². The molecule has 0 saturated carbocycles. The normalized spacial score (nSPS) is 10.6. The van der Waals surface area contributed by atoms with Crippen molar-refractivity contribution in [1.29, 1.82) is 0 Å². The van der Waals surface area contributed by atoms with Crippen LogP contribution in [0.4, 0.5) is 0 Å². The molecule has 0 fully saturated rings. The summed E-state index contributed by atoms with van der Waals surface area (Å²) in [6.45, 7) is 0. The number of rotatable bonds is 5. The maximum absolute atomic E-state index is 5.47. The Morgan fingerprint density at radius 2 is 1.09 bits per heavy atom. The van der Waals surface area contributed by atoms with Crippen molar-refractivity contribution in [3.63, 3.8) is 0 Å². The van der Waals surface area contributed by atoms with Crippen molar-refractivity contribution in [2.24, 2.45) is 0 Å². The second-order valence-corrected chi connectivity index (χ2v) is 5.53. The first-order valence-electron chi connectivity index (χ1n) is 7.27. The lowest BCUT2D eigenvalue weighted by molar-refractivity contribution is 0.398. The molecule has 1 nitrogen and oxygen atoms in total. The van der Waals surface area contributed by atoms with E-state index >= 15 is 0 Å². The summed E-state index contributed by atoms with van der Waals surface area (Å²) in [7, 11) is 0. The highest BCUT2D eigenvalue weighted by molar-refractivity contribution is 9.09. The fourth-order valence-corrected chi connectivity index (χ4v) is 2.95. The third-order valence-corrected chi connectivity index (χ3v) is 3.93. The minimum absolute atomic E-state index is 0.237. The second-order valence-electron chi connectivity index (χ2n) is 5.08. The molecule has 0 spiro atoms. The van der Waals surface area contributed by atoms with Crippen LogP contribution in [-0.2, 0) is 0 Å². The molecule has 0 aliphatic rings. The Balaban J connectivity index is 2.02. The molecule has 3 aromatic rings. The van der Waals surface area contributed by atoms with E-state index in [2.05, 4.69) is 88.7 Å². The first kappa shape index (κ1) is 14.9. The van der Waals surface area contributed by atoms with Gasteiger partial charge < -0.3 is 4.74 Å². The summed E-state index contributed by atoms with van der Waals surface area (Å²) in [5, 5.41) is 0. The Hall–Kier alpha value is -2.06. The largest absolute Gasteiger partial charge is 0.482 e. The van der Waals surface area contributed by atoms with E-state index in [1.807, 2.05) is 12.1 Å². The van der Waals surface area contributed by atoms with Crippen molar-refractivity contribution in [3.05, 3.63) is 102 Å². The van der Waals surface area contributed by atoms with Crippen LogP contribution in [0.5, 0.6) is 5.75 Å². The Bertz CT molecular complexity index is 653. The van der Waals surface area contributed by atoms with Gasteiger partial charge in [-0.25, -0.2) is 0 Å². The molecule has 110 valence electrons. The summed E-state index contributed by atoms with van der Waals surface area (Å²) in [5.74, 6) is 1.11. The topological polar surface area (TPSA) is 9.23 Å². The molecule has 2 heteroatoms. The van der Waals surface area contributed by atoms with E-state index in [0.717, 1.165) is 5.75 Å². The van der Waals surface area contributed by atoms with Crippen molar-refractivity contribution >= 4 is 15.9 Å². The van der Waals surface area contributed by atoms with Crippen molar-refractivity contribution in [2.45, 2.75) is 5.92 Å². The van der Waals surface area contributed by atoms with E-state index in [0.29, 0.717) is 5.52 Å². The molecule has 0 aliphatic heterocycles. The van der Waals surface area contributed by atoms with Crippen LogP contribution in [0.3, 0.4) is 0 Å². The lowest BCUT2D eigenvalue weighted by Gasteiger charge is -2.19. The molecule has 22 heavy (non-hydrogen) atoms. The zero-order valence-corrected chi connectivity index (χ0v) is 13.7. The molecule has 0 unspecified atom stereocenters. The van der Waals surface area contributed by atoms with Crippen LogP contribution in [0.15, 0.2) is 84.9 Å². The van der Waals surface area contributed by atoms with Gasteiger partial charge >= 0.3 is 0 Å². The molecular weight excluding hydrogens is 336 g/mol. The van der Waals surface area contributed by atoms with Gasteiger partial charge in [0.05, 0.1) is 0 Å². The van der Waals surface area contributed by atoms with Gasteiger partial charge in [0.15, 0.2) is 0 Å². The Kier molecular flexibility index (Phi) is 4.92. The number of halogens is 1. The first-order chi connectivity index (χ1) is 10.9. The van der Waals surface area contributed by atoms with Crippen molar-refractivity contribution in [3.8, 4) is 5.75 Å². The van der Waals surface area contributed by atoms with Gasteiger partial charge in [0, 0.05) is 5.92 Å². The highest BCUT2D eigenvalue weighted by Crippen LogP contribution is 2.32. The van der Waals surface area contributed by atoms with Crippen LogP contribution in [0, 0.1) is 0 Å². The van der Waals surface area contributed by atoms with Crippen LogP contribution in [0.25, 0.3) is 0 Å². The summed E-state index contributed by atoms with van der Waals surface area (Å²) >= 11 is 3.28. The average molecular weight is 353 g/mol. The van der Waals surface area contributed by atoms with Crippen molar-refractivity contribution in [2.75, 3.05) is 5.52 Å². The maximum Gasteiger partial charge on any atom is 0.143 e. The third kappa shape index (κ3) is 3.40. The molecule has 3 aromatic carbocycles. The zero-order valence-electron chi connectivity index (χ0n) is 12.2. The van der Waals surface area contributed by atoms with Gasteiger partial charge in [0.2, 0.25) is 0 Å². The molecule has 0 atom stereocenters. The fraction of sp³-hybridized carbons (Fsp3) is 0.100. The van der Waals surface area contributed by atoms with Crippen molar-refractivity contribution in [1.82, 2.24) is 0 Å². The standard InChI is InChI=1S/C20H17BrO/c21-15-22-19-13-11-18(12-14-19)20(16-7-3-1-4-8-16)17-9-5-2-6-10-17/h1-14,20H,15H2. The average Bonchev–Trinajstić information content (AvgIpc) is 2.59. The minimum atomic E-state index is 0.237. The third-order valence-electron chi connectivity index (χ3n) is 3.70. The molecule has 0 saturated heterocycles. The van der Waals surface area contributed by atoms with Crippen LogP contribution in [-0.4, -0.2) is 5.52 Å². The Labute approximate surface area is 139 Å². The molecule has 3 rings (SSSR count). The van der Waals surface area contributed by atoms with Gasteiger partial charge in [-0.1, -0.05) is 72.8 Å². The summed E-state index contributed by atoms with van der Waals surface area (Å²) < 4.78 is 5.47. The predicted octanol–water partition coefficient (Wildman–Crippen LogP) is 5.60. The second kappa shape index (κ2) is 7.28. The van der Waals surface area contributed by atoms with E-state index in [9.17, 15) is 0 Å². The number of alkyl halides is 1. The number of hydrogen-bond acceptors (Lipinski definition) is 1. The summed E-state index contributed by atoms with van der Waals surface area (Å²) in [5.41, 5.74) is 4.36. The fourth-order valence-electron chi connectivity index (χ4n) is 2.69. The molecule has 0 radical (unpaired) electrons. The maximum atomic E-state index is 5.47. The summed E-state index contributed by atoms with van der Waals surface area (Å²) in [4.78, 5) is 0. The molecule has 0 N–H and O–H groups in total. The molecule has 0 heterocycles. The number of hydrogen-bond donors (Lipinski definition) is 0. The lowest BCUT2D eigenvalue weighted by Crippen LogP contribution is -2.03. The van der Waals surface area contributed by atoms with Crippen LogP contribution < -0.4 is 4.74 Å². The predicted molar refractivity (Wildman–Crippen MR) is 94.7 cm³/mol. The van der Waals surface area contributed by atoms with Gasteiger partial charge in [-0.3, -0.25) is 0 Å². The first-order valence-corrected chi connectivity index (χ1v) is 8.39. The highest BCUT2D eigenvalue weighted by Gasteiger charge is 2.16. The number of benzene rings is 3. The van der Waals surface area contributed by atoms with E-state index < -0.39 is 0 Å². The molecule has 0 aliphatic carbocycles. The van der Waals surface area contributed by atoms with E-state index in [1.54, 1.807) is 0 Å². The monoisotopic (exact) mass is 352 g/mol. The molecular formula is C20H17BrO. The smallest absolute Gasteiger partial charge is 0.143 e. The van der Waals surface area contributed by atoms with Gasteiger partial charge in [-0.15, -0.1) is 0 Å². The van der Waals surface area contributed by atoms with Gasteiger partial charge in [0.1, 0.15) is 11.3 Å². The van der Waals surface area contributed by atoms with Gasteiger partial charge in [-0.05, 0) is 44.8 Å². The lowest BCUT2D eigenvalue weighted by atomic mass is 9.85. The van der Waals surface area contributed by atoms with E-state index in [1.165, 1.54) is 16.7 Å². The van der Waals surface area contributed by atoms with Gasteiger partial charge in [0.25, 0.3) is 0 Å². The number of ether oxygens (including phenoxy) is 1. The van der Waals surface area contributed by atoms with Crippen LogP contribution >= 0.6 is 15.9 Å². The van der Waals surface area contributed by atoms with Gasteiger partial charge in [-0.2, -0.15) is 0 Å². The van der Waals surface area contributed by atoms with Crippen LogP contribution in [0.1, 0.15) is 22.6 Å². The SMILES string of the molecule is BrCOc1ccc(C(c2ccccc2)c2ccccc2)cc1. The highest BCUT2D eigenvalue weighted by atomic mass is 79.9. The molecule has 0 bridgehead atoms. The zero-order chi connectivity index (χ0) is 15.2. The summed E-state index contributed by atoms with van der Waals surface area (Å²) in [6.07, 6.45) is 0. The van der Waals surface area contributed by atoms with Crippen molar-refractivity contribution < 1.29 is 4.74 Å². The molecule has 0 aromatic heterocycles. The Morgan fingerprint density at radius 1 is 0.636 bits per heavy atom. The molecule has 0 amide bonds. The summed E-state index contributed by atoms with van der Waals surface area (Å²) in [6, 6.07) is 29.5. The minimum Gasteiger partial charge on any atom is -0.482 e. The quantitative estimate of drug-likeness (QED) is 0.429. The Morgan fingerprint density at radius 3 is 1.55 bits per heavy atom. The van der Waals surface area contributed by atoms with E-state index in [4.69, 9.17) is 4.74 Å². The van der Waals surface area contributed by atoms with Crippen LogP contribution in [0.2, 0.25) is 0 Å².